The molecule has 2 nitrogen and oxygen atoms in total. The minimum atomic E-state index is -0.261. The molecule has 3 rings (SSSR count). The Hall–Kier alpha value is -2.23. The van der Waals surface area contributed by atoms with Crippen LogP contribution in [0.25, 0.3) is 0 Å². The topological polar surface area (TPSA) is 21.3 Å². The molecule has 3 aromatic carbocycles. The number of anilines is 1. The van der Waals surface area contributed by atoms with Gasteiger partial charge in [-0.05, 0) is 60.2 Å². The summed E-state index contributed by atoms with van der Waals surface area (Å²) in [7, 11) is 0. The van der Waals surface area contributed by atoms with Crippen molar-refractivity contribution in [3.63, 3.8) is 0 Å². The van der Waals surface area contributed by atoms with E-state index in [2.05, 4.69) is 5.32 Å². The second-order valence-corrected chi connectivity index (χ2v) is 6.40. The average molecular weight is 376 g/mol. The van der Waals surface area contributed by atoms with E-state index < -0.39 is 0 Å². The van der Waals surface area contributed by atoms with Gasteiger partial charge in [0.15, 0.2) is 0 Å². The van der Waals surface area contributed by atoms with E-state index >= 15 is 0 Å². The molecule has 3 aromatic rings. The SMILES string of the molecule is Fc1ccc(COc2ccc(Cl)cc2CNc2ccc(Cl)cc2)cc1. The Labute approximate surface area is 156 Å². The normalized spacial score (nSPS) is 10.5. The van der Waals surface area contributed by atoms with Gasteiger partial charge >= 0.3 is 0 Å². The molecule has 0 spiro atoms. The maximum absolute atomic E-state index is 13.0. The molecule has 0 aliphatic heterocycles. The van der Waals surface area contributed by atoms with Crippen LogP contribution in [0.2, 0.25) is 10.0 Å². The maximum atomic E-state index is 13.0. The molecule has 0 unspecified atom stereocenters. The Morgan fingerprint density at radius 3 is 2.24 bits per heavy atom. The minimum absolute atomic E-state index is 0.261. The molecule has 0 bridgehead atoms. The van der Waals surface area contributed by atoms with Gasteiger partial charge in [-0.1, -0.05) is 35.3 Å². The quantitative estimate of drug-likeness (QED) is 0.543. The first kappa shape index (κ1) is 17.6. The summed E-state index contributed by atoms with van der Waals surface area (Å²) in [4.78, 5) is 0. The van der Waals surface area contributed by atoms with Crippen LogP contribution in [-0.4, -0.2) is 0 Å². The molecule has 0 aromatic heterocycles. The molecule has 0 heterocycles. The summed E-state index contributed by atoms with van der Waals surface area (Å²) in [5, 5.41) is 4.65. The van der Waals surface area contributed by atoms with Crippen molar-refractivity contribution in [3.05, 3.63) is 93.7 Å². The minimum Gasteiger partial charge on any atom is -0.489 e. The largest absolute Gasteiger partial charge is 0.489 e. The van der Waals surface area contributed by atoms with Gasteiger partial charge in [-0.15, -0.1) is 0 Å². The molecular formula is C20H16Cl2FNO. The molecule has 0 aliphatic carbocycles. The summed E-state index contributed by atoms with van der Waals surface area (Å²) in [6.07, 6.45) is 0. The van der Waals surface area contributed by atoms with E-state index in [9.17, 15) is 4.39 Å². The van der Waals surface area contributed by atoms with E-state index in [1.54, 1.807) is 18.2 Å². The van der Waals surface area contributed by atoms with Gasteiger partial charge in [0.1, 0.15) is 18.2 Å². The molecular weight excluding hydrogens is 360 g/mol. The summed E-state index contributed by atoms with van der Waals surface area (Å²) in [6, 6.07) is 19.2. The zero-order valence-corrected chi connectivity index (χ0v) is 14.8. The highest BCUT2D eigenvalue weighted by molar-refractivity contribution is 6.31. The lowest BCUT2D eigenvalue weighted by atomic mass is 10.2. The Kier molecular flexibility index (Phi) is 5.79. The second-order valence-electron chi connectivity index (χ2n) is 5.53. The van der Waals surface area contributed by atoms with Gasteiger partial charge in [0, 0.05) is 27.8 Å². The number of ether oxygens (including phenoxy) is 1. The van der Waals surface area contributed by atoms with Crippen LogP contribution in [0, 0.1) is 5.82 Å². The lowest BCUT2D eigenvalue weighted by Gasteiger charge is -2.14. The summed E-state index contributed by atoms with van der Waals surface area (Å²) in [5.41, 5.74) is 2.78. The van der Waals surface area contributed by atoms with Gasteiger partial charge in [0.2, 0.25) is 0 Å². The Bertz CT molecular complexity index is 835. The predicted octanol–water partition coefficient (Wildman–Crippen LogP) is 6.32. The van der Waals surface area contributed by atoms with Gasteiger partial charge in [-0.3, -0.25) is 0 Å². The molecule has 1 N–H and O–H groups in total. The van der Waals surface area contributed by atoms with E-state index in [1.165, 1.54) is 12.1 Å². The first-order valence-corrected chi connectivity index (χ1v) is 8.51. The lowest BCUT2D eigenvalue weighted by Crippen LogP contribution is -2.04. The highest BCUT2D eigenvalue weighted by atomic mass is 35.5. The van der Waals surface area contributed by atoms with Crippen molar-refractivity contribution in [2.24, 2.45) is 0 Å². The van der Waals surface area contributed by atoms with Crippen LogP contribution in [-0.2, 0) is 13.2 Å². The van der Waals surface area contributed by atoms with Crippen molar-refractivity contribution in [1.82, 2.24) is 0 Å². The van der Waals surface area contributed by atoms with E-state index in [1.807, 2.05) is 36.4 Å². The van der Waals surface area contributed by atoms with Crippen molar-refractivity contribution >= 4 is 28.9 Å². The van der Waals surface area contributed by atoms with Crippen LogP contribution in [0.5, 0.6) is 5.75 Å². The smallest absolute Gasteiger partial charge is 0.124 e. The molecule has 0 amide bonds. The van der Waals surface area contributed by atoms with Crippen molar-refractivity contribution in [2.45, 2.75) is 13.2 Å². The Morgan fingerprint density at radius 1 is 0.840 bits per heavy atom. The highest BCUT2D eigenvalue weighted by Gasteiger charge is 2.06. The van der Waals surface area contributed by atoms with Crippen LogP contribution in [0.4, 0.5) is 10.1 Å². The van der Waals surface area contributed by atoms with Crippen LogP contribution in [0.1, 0.15) is 11.1 Å². The number of rotatable bonds is 6. The fraction of sp³-hybridized carbons (Fsp3) is 0.100. The molecule has 0 saturated carbocycles. The van der Waals surface area contributed by atoms with Gasteiger partial charge in [-0.2, -0.15) is 0 Å². The zero-order valence-electron chi connectivity index (χ0n) is 13.3. The summed E-state index contributed by atoms with van der Waals surface area (Å²) in [6.45, 7) is 0.913. The fourth-order valence-corrected chi connectivity index (χ4v) is 2.65. The highest BCUT2D eigenvalue weighted by Crippen LogP contribution is 2.25. The first-order chi connectivity index (χ1) is 12.1. The molecule has 25 heavy (non-hydrogen) atoms. The van der Waals surface area contributed by atoms with Gasteiger partial charge < -0.3 is 10.1 Å². The Balaban J connectivity index is 1.69. The van der Waals surface area contributed by atoms with E-state index in [-0.39, 0.29) is 5.82 Å². The molecule has 0 atom stereocenters. The molecule has 0 fully saturated rings. The summed E-state index contributed by atoms with van der Waals surface area (Å²) < 4.78 is 18.9. The van der Waals surface area contributed by atoms with Crippen molar-refractivity contribution in [2.75, 3.05) is 5.32 Å². The zero-order chi connectivity index (χ0) is 17.6. The average Bonchev–Trinajstić information content (AvgIpc) is 2.62. The monoisotopic (exact) mass is 375 g/mol. The Morgan fingerprint density at radius 2 is 1.52 bits per heavy atom. The molecule has 128 valence electrons. The van der Waals surface area contributed by atoms with Gasteiger partial charge in [0.05, 0.1) is 0 Å². The van der Waals surface area contributed by atoms with Crippen LogP contribution in [0.3, 0.4) is 0 Å². The van der Waals surface area contributed by atoms with Crippen LogP contribution in [0.15, 0.2) is 66.7 Å². The number of nitrogens with one attached hydrogen (secondary N) is 1. The van der Waals surface area contributed by atoms with E-state index in [0.717, 1.165) is 22.6 Å². The number of benzene rings is 3. The molecule has 5 heteroatoms. The van der Waals surface area contributed by atoms with Crippen LogP contribution >= 0.6 is 23.2 Å². The van der Waals surface area contributed by atoms with E-state index in [4.69, 9.17) is 27.9 Å². The number of hydrogen-bond acceptors (Lipinski definition) is 2. The van der Waals surface area contributed by atoms with Crippen LogP contribution < -0.4 is 10.1 Å². The lowest BCUT2D eigenvalue weighted by molar-refractivity contribution is 0.303. The molecule has 0 saturated heterocycles. The van der Waals surface area contributed by atoms with Gasteiger partial charge in [-0.25, -0.2) is 4.39 Å². The third kappa shape index (κ3) is 5.12. The number of halogens is 3. The predicted molar refractivity (Wildman–Crippen MR) is 101 cm³/mol. The summed E-state index contributed by atoms with van der Waals surface area (Å²) in [5.74, 6) is 0.471. The second kappa shape index (κ2) is 8.24. The summed E-state index contributed by atoms with van der Waals surface area (Å²) >= 11 is 12.0. The third-order valence-corrected chi connectivity index (χ3v) is 4.14. The van der Waals surface area contributed by atoms with Crippen molar-refractivity contribution < 1.29 is 9.13 Å². The van der Waals surface area contributed by atoms with E-state index in [0.29, 0.717) is 23.2 Å². The fourth-order valence-electron chi connectivity index (χ4n) is 2.33. The standard InChI is InChI=1S/C20H16Cl2FNO/c21-16-3-8-19(9-4-16)24-12-15-11-17(22)5-10-20(15)25-13-14-1-6-18(23)7-2-14/h1-11,24H,12-13H2. The maximum Gasteiger partial charge on any atom is 0.124 e. The molecule has 0 aliphatic rings. The van der Waals surface area contributed by atoms with Crippen molar-refractivity contribution in [3.8, 4) is 5.75 Å². The third-order valence-electron chi connectivity index (χ3n) is 3.66. The van der Waals surface area contributed by atoms with Crippen molar-refractivity contribution in [1.29, 1.82) is 0 Å². The first-order valence-electron chi connectivity index (χ1n) is 7.75. The number of hydrogen-bond donors (Lipinski definition) is 1. The van der Waals surface area contributed by atoms with Gasteiger partial charge in [0.25, 0.3) is 0 Å². The molecule has 0 radical (unpaired) electrons.